The molecule has 1 aromatic heterocycles. The lowest BCUT2D eigenvalue weighted by molar-refractivity contribution is 0.0793. The summed E-state index contributed by atoms with van der Waals surface area (Å²) in [4.78, 5) is 24.3. The minimum Gasteiger partial charge on any atom is -0.410 e. The number of benzene rings is 3. The van der Waals surface area contributed by atoms with E-state index in [0.29, 0.717) is 72.0 Å². The predicted octanol–water partition coefficient (Wildman–Crippen LogP) is 7.05. The van der Waals surface area contributed by atoms with E-state index in [4.69, 9.17) is 35.2 Å². The minimum atomic E-state index is -4.18. The number of amides is 1. The molecular formula is C33H35ClN4O6S. The molecule has 10 nitrogen and oxygen atoms in total. The third-order valence-electron chi connectivity index (χ3n) is 7.38. The van der Waals surface area contributed by atoms with Crippen LogP contribution in [0.5, 0.6) is 5.75 Å². The quantitative estimate of drug-likeness (QED) is 0.180. The van der Waals surface area contributed by atoms with E-state index in [9.17, 15) is 13.2 Å². The molecular weight excluding hydrogens is 616 g/mol. The molecule has 0 spiro atoms. The van der Waals surface area contributed by atoms with Crippen molar-refractivity contribution in [3.63, 3.8) is 0 Å². The van der Waals surface area contributed by atoms with Gasteiger partial charge in [-0.05, 0) is 80.9 Å². The molecule has 1 fully saturated rings. The largest absolute Gasteiger partial charge is 0.417 e. The van der Waals surface area contributed by atoms with Gasteiger partial charge >= 0.3 is 6.09 Å². The topological polar surface area (TPSA) is 120 Å². The SMILES string of the molecule is CCCC(C)(OS(=O)(=O)c1ccc(Cl)cc1)c1cc(N2CCOC[C@@H]2C)nc(-c2ccc(NC(=O)Oc3ccccc3)cc2)n1. The van der Waals surface area contributed by atoms with E-state index in [1.165, 1.54) is 24.3 Å². The fraction of sp³-hybridized carbons (Fsp3) is 0.303. The van der Waals surface area contributed by atoms with Gasteiger partial charge in [0.15, 0.2) is 5.82 Å². The number of nitrogens with zero attached hydrogens (tertiary/aromatic N) is 3. The average molecular weight is 651 g/mol. The van der Waals surface area contributed by atoms with Gasteiger partial charge < -0.3 is 14.4 Å². The number of hydrogen-bond donors (Lipinski definition) is 1. The van der Waals surface area contributed by atoms with E-state index < -0.39 is 21.8 Å². The van der Waals surface area contributed by atoms with Gasteiger partial charge in [-0.3, -0.25) is 9.50 Å². The van der Waals surface area contributed by atoms with Gasteiger partial charge in [0.05, 0.1) is 29.8 Å². The summed E-state index contributed by atoms with van der Waals surface area (Å²) in [5.74, 6) is 1.45. The van der Waals surface area contributed by atoms with Crippen LogP contribution in [0.1, 0.15) is 39.3 Å². The van der Waals surface area contributed by atoms with E-state index in [1.807, 2.05) is 19.9 Å². The molecule has 1 saturated heterocycles. The summed E-state index contributed by atoms with van der Waals surface area (Å²) in [7, 11) is -4.18. The summed E-state index contributed by atoms with van der Waals surface area (Å²) in [6.07, 6.45) is 0.389. The minimum absolute atomic E-state index is 0.000544. The molecule has 1 aliphatic heterocycles. The highest BCUT2D eigenvalue weighted by Gasteiger charge is 2.37. The Morgan fingerprint density at radius 2 is 1.78 bits per heavy atom. The molecule has 5 rings (SSSR count). The number of anilines is 2. The van der Waals surface area contributed by atoms with Crippen LogP contribution in [0.25, 0.3) is 11.4 Å². The average Bonchev–Trinajstić information content (AvgIpc) is 3.02. The fourth-order valence-electron chi connectivity index (χ4n) is 5.07. The molecule has 45 heavy (non-hydrogen) atoms. The Labute approximate surface area is 268 Å². The third kappa shape index (κ3) is 7.98. The first-order valence-corrected chi connectivity index (χ1v) is 16.4. The molecule has 1 unspecified atom stereocenters. The van der Waals surface area contributed by atoms with Crippen molar-refractivity contribution in [3.05, 3.63) is 95.6 Å². The van der Waals surface area contributed by atoms with E-state index >= 15 is 0 Å². The predicted molar refractivity (Wildman–Crippen MR) is 173 cm³/mol. The summed E-state index contributed by atoms with van der Waals surface area (Å²) >= 11 is 5.99. The molecule has 4 aromatic rings. The zero-order valence-electron chi connectivity index (χ0n) is 25.3. The number of hydrogen-bond acceptors (Lipinski definition) is 9. The summed E-state index contributed by atoms with van der Waals surface area (Å²) in [6.45, 7) is 7.40. The molecule has 0 bridgehead atoms. The molecule has 1 N–H and O–H groups in total. The fourth-order valence-corrected chi connectivity index (χ4v) is 6.42. The third-order valence-corrected chi connectivity index (χ3v) is 9.07. The van der Waals surface area contributed by atoms with Crippen LogP contribution in [-0.2, 0) is 24.6 Å². The van der Waals surface area contributed by atoms with Gasteiger partial charge in [0.2, 0.25) is 0 Å². The number of halogens is 1. The first-order chi connectivity index (χ1) is 21.6. The lowest BCUT2D eigenvalue weighted by Crippen LogP contribution is -2.44. The number of carbonyl (C=O) groups is 1. The molecule has 2 heterocycles. The van der Waals surface area contributed by atoms with Crippen molar-refractivity contribution < 1.29 is 26.9 Å². The Morgan fingerprint density at radius 3 is 2.44 bits per heavy atom. The van der Waals surface area contributed by atoms with Crippen LogP contribution in [-0.4, -0.2) is 50.3 Å². The molecule has 236 valence electrons. The smallest absolute Gasteiger partial charge is 0.410 e. The zero-order chi connectivity index (χ0) is 32.0. The normalized spacial score (nSPS) is 16.5. The number of rotatable bonds is 10. The molecule has 0 radical (unpaired) electrons. The molecule has 1 aliphatic rings. The maximum atomic E-state index is 13.5. The van der Waals surface area contributed by atoms with Gasteiger partial charge in [0.1, 0.15) is 17.2 Å². The van der Waals surface area contributed by atoms with E-state index in [2.05, 4.69) is 10.2 Å². The van der Waals surface area contributed by atoms with Crippen molar-refractivity contribution in [2.75, 3.05) is 30.0 Å². The number of para-hydroxylation sites is 1. The van der Waals surface area contributed by atoms with E-state index in [-0.39, 0.29) is 10.9 Å². The second-order valence-corrected chi connectivity index (χ2v) is 12.9. The summed E-state index contributed by atoms with van der Waals surface area (Å²) in [5.41, 5.74) is 0.304. The Hall–Kier alpha value is -4.03. The van der Waals surface area contributed by atoms with E-state index in [1.54, 1.807) is 61.5 Å². The van der Waals surface area contributed by atoms with Crippen LogP contribution in [0.2, 0.25) is 5.02 Å². The lowest BCUT2D eigenvalue weighted by atomic mass is 9.95. The van der Waals surface area contributed by atoms with Gasteiger partial charge in [0.25, 0.3) is 10.1 Å². The van der Waals surface area contributed by atoms with Crippen LogP contribution >= 0.6 is 11.6 Å². The molecule has 2 atom stereocenters. The first kappa shape index (κ1) is 32.4. The lowest BCUT2D eigenvalue weighted by Gasteiger charge is -2.35. The standard InChI is InChI=1S/C33H35ClN4O6S/c1-4-18-33(3,44-45(40,41)28-16-12-25(34)13-17-28)29-21-30(38-19-20-42-22-23(38)2)37-31(36-29)24-10-14-26(15-11-24)35-32(39)43-27-8-6-5-7-9-27/h5-17,21,23H,4,18-20,22H2,1-3H3,(H,35,39)/t23-,33?/m0/s1. The highest BCUT2D eigenvalue weighted by Crippen LogP contribution is 2.36. The Kier molecular flexibility index (Phi) is 10.0. The summed E-state index contributed by atoms with van der Waals surface area (Å²) in [5, 5.41) is 3.14. The van der Waals surface area contributed by atoms with Crippen LogP contribution in [0.15, 0.2) is 89.8 Å². The molecule has 3 aromatic carbocycles. The summed E-state index contributed by atoms with van der Waals surface area (Å²) < 4.78 is 43.9. The number of ether oxygens (including phenoxy) is 2. The van der Waals surface area contributed by atoms with Gasteiger partial charge in [-0.2, -0.15) is 8.42 Å². The number of carbonyl (C=O) groups excluding carboxylic acids is 1. The van der Waals surface area contributed by atoms with Gasteiger partial charge in [-0.25, -0.2) is 14.8 Å². The first-order valence-electron chi connectivity index (χ1n) is 14.7. The van der Waals surface area contributed by atoms with Gasteiger partial charge in [-0.15, -0.1) is 0 Å². The Balaban J connectivity index is 1.49. The molecule has 1 amide bonds. The second kappa shape index (κ2) is 13.9. The highest BCUT2D eigenvalue weighted by atomic mass is 35.5. The Bertz CT molecular complexity index is 1720. The molecule has 0 aliphatic carbocycles. The Morgan fingerprint density at radius 1 is 1.07 bits per heavy atom. The van der Waals surface area contributed by atoms with Crippen molar-refractivity contribution in [1.29, 1.82) is 0 Å². The van der Waals surface area contributed by atoms with Crippen LogP contribution in [0.3, 0.4) is 0 Å². The van der Waals surface area contributed by atoms with Crippen LogP contribution in [0, 0.1) is 0 Å². The van der Waals surface area contributed by atoms with Crippen molar-refractivity contribution in [3.8, 4) is 17.1 Å². The van der Waals surface area contributed by atoms with Gasteiger partial charge in [0, 0.05) is 28.9 Å². The van der Waals surface area contributed by atoms with E-state index in [0.717, 1.165) is 0 Å². The number of nitrogens with one attached hydrogen (secondary N) is 1. The number of morpholine rings is 1. The van der Waals surface area contributed by atoms with Gasteiger partial charge in [-0.1, -0.05) is 43.1 Å². The maximum absolute atomic E-state index is 13.5. The van der Waals surface area contributed by atoms with Crippen molar-refractivity contribution in [2.24, 2.45) is 0 Å². The zero-order valence-corrected chi connectivity index (χ0v) is 26.8. The highest BCUT2D eigenvalue weighted by molar-refractivity contribution is 7.86. The molecule has 12 heteroatoms. The number of aromatic nitrogens is 2. The monoisotopic (exact) mass is 650 g/mol. The van der Waals surface area contributed by atoms with Crippen molar-refractivity contribution in [2.45, 2.75) is 50.2 Å². The van der Waals surface area contributed by atoms with Crippen LogP contribution < -0.4 is 15.0 Å². The van der Waals surface area contributed by atoms with Crippen LogP contribution in [0.4, 0.5) is 16.3 Å². The van der Waals surface area contributed by atoms with Crippen molar-refractivity contribution >= 4 is 39.3 Å². The van der Waals surface area contributed by atoms with Crippen molar-refractivity contribution in [1.82, 2.24) is 9.97 Å². The summed E-state index contributed by atoms with van der Waals surface area (Å²) in [6, 6.07) is 23.5. The molecule has 0 saturated carbocycles. The second-order valence-electron chi connectivity index (χ2n) is 10.9. The maximum Gasteiger partial charge on any atom is 0.417 e.